The normalized spacial score (nSPS) is 16.5. The first-order valence-corrected chi connectivity index (χ1v) is 9.05. The largest absolute Gasteiger partial charge is 0.454 e. The number of sulfonamides is 1. The highest BCUT2D eigenvalue weighted by Gasteiger charge is 2.30. The lowest BCUT2D eigenvalue weighted by Gasteiger charge is -2.28. The molecule has 0 radical (unpaired) electrons. The van der Waals surface area contributed by atoms with Crippen LogP contribution in [0.25, 0.3) is 0 Å². The van der Waals surface area contributed by atoms with Gasteiger partial charge in [0.1, 0.15) is 0 Å². The Kier molecular flexibility index (Phi) is 3.62. The molecule has 0 bridgehead atoms. The molecule has 2 aromatic rings. The van der Waals surface area contributed by atoms with Crippen LogP contribution in [0.15, 0.2) is 41.3 Å². The van der Waals surface area contributed by atoms with Crippen LogP contribution in [0.2, 0.25) is 0 Å². The van der Waals surface area contributed by atoms with Gasteiger partial charge in [-0.25, -0.2) is 8.42 Å². The van der Waals surface area contributed by atoms with E-state index in [1.165, 1.54) is 22.5 Å². The summed E-state index contributed by atoms with van der Waals surface area (Å²) < 4.78 is 37.7. The Labute approximate surface area is 143 Å². The second-order valence-corrected chi connectivity index (χ2v) is 7.76. The zero-order valence-electron chi connectivity index (χ0n) is 13.0. The third kappa shape index (κ3) is 2.71. The van der Waals surface area contributed by atoms with E-state index in [-0.39, 0.29) is 23.9 Å². The van der Waals surface area contributed by atoms with Crippen molar-refractivity contribution >= 4 is 15.7 Å². The molecule has 8 nitrogen and oxygen atoms in total. The lowest BCUT2D eigenvalue weighted by atomic mass is 10.0. The van der Waals surface area contributed by atoms with E-state index in [0.29, 0.717) is 24.5 Å². The van der Waals surface area contributed by atoms with Crippen LogP contribution in [0.3, 0.4) is 0 Å². The molecule has 0 aliphatic carbocycles. The van der Waals surface area contributed by atoms with Crippen molar-refractivity contribution in [2.45, 2.75) is 17.9 Å². The fourth-order valence-corrected chi connectivity index (χ4v) is 4.49. The fourth-order valence-electron chi connectivity index (χ4n) is 3.03. The van der Waals surface area contributed by atoms with Gasteiger partial charge in [-0.2, -0.15) is 4.31 Å². The summed E-state index contributed by atoms with van der Waals surface area (Å²) in [5, 5.41) is 10.9. The van der Waals surface area contributed by atoms with Gasteiger partial charge in [-0.1, -0.05) is 6.07 Å². The van der Waals surface area contributed by atoms with Gasteiger partial charge in [-0.15, -0.1) is 0 Å². The van der Waals surface area contributed by atoms with Crippen LogP contribution < -0.4 is 9.47 Å². The number of nitro groups is 1. The minimum absolute atomic E-state index is 0.0779. The Bertz CT molecular complexity index is 973. The smallest absolute Gasteiger partial charge is 0.270 e. The number of non-ortho nitro benzene ring substituents is 1. The monoisotopic (exact) mass is 362 g/mol. The number of hydrogen-bond donors (Lipinski definition) is 0. The highest BCUT2D eigenvalue weighted by molar-refractivity contribution is 7.89. The molecule has 0 fully saturated rings. The summed E-state index contributed by atoms with van der Waals surface area (Å²) in [6.45, 7) is 0.655. The van der Waals surface area contributed by atoms with Crippen molar-refractivity contribution < 1.29 is 22.8 Å². The molecule has 0 aromatic heterocycles. The fraction of sp³-hybridized carbons (Fsp3) is 0.250. The lowest BCUT2D eigenvalue weighted by molar-refractivity contribution is -0.385. The minimum atomic E-state index is -3.82. The first kappa shape index (κ1) is 15.9. The maximum absolute atomic E-state index is 12.9. The lowest BCUT2D eigenvalue weighted by Crippen LogP contribution is -2.35. The Hall–Kier alpha value is -2.65. The standard InChI is InChI=1S/C16H14N2O6S/c19-18(20)13-2-1-3-14(8-13)25(21,22)17-5-4-11-6-15-16(24-10-23-15)7-12(11)9-17/h1-3,6-8H,4-5,9-10H2. The quantitative estimate of drug-likeness (QED) is 0.612. The van der Waals surface area contributed by atoms with E-state index in [1.54, 1.807) is 6.07 Å². The molecule has 2 aliphatic rings. The predicted octanol–water partition coefficient (Wildman–Crippen LogP) is 2.07. The molecule has 0 spiro atoms. The Balaban J connectivity index is 1.66. The summed E-state index contributed by atoms with van der Waals surface area (Å²) in [6.07, 6.45) is 0.542. The molecule has 0 saturated carbocycles. The number of ether oxygens (including phenoxy) is 2. The molecule has 25 heavy (non-hydrogen) atoms. The van der Waals surface area contributed by atoms with Crippen LogP contribution in [-0.4, -0.2) is 31.0 Å². The first-order valence-electron chi connectivity index (χ1n) is 7.61. The molecule has 4 rings (SSSR count). The summed E-state index contributed by atoms with van der Waals surface area (Å²) in [4.78, 5) is 10.2. The van der Waals surface area contributed by atoms with Gasteiger partial charge >= 0.3 is 0 Å². The van der Waals surface area contributed by atoms with Crippen molar-refractivity contribution in [1.29, 1.82) is 0 Å². The summed E-state index contributed by atoms with van der Waals surface area (Å²) in [5.41, 5.74) is 1.63. The van der Waals surface area contributed by atoms with Gasteiger partial charge in [0.05, 0.1) is 9.82 Å². The van der Waals surface area contributed by atoms with Crippen molar-refractivity contribution in [3.8, 4) is 11.5 Å². The van der Waals surface area contributed by atoms with Gasteiger partial charge in [-0.05, 0) is 35.7 Å². The average Bonchev–Trinajstić information content (AvgIpc) is 3.06. The summed E-state index contributed by atoms with van der Waals surface area (Å²) >= 11 is 0. The number of fused-ring (bicyclic) bond motifs is 2. The highest BCUT2D eigenvalue weighted by atomic mass is 32.2. The van der Waals surface area contributed by atoms with E-state index in [1.807, 2.05) is 6.07 Å². The maximum atomic E-state index is 12.9. The van der Waals surface area contributed by atoms with Crippen molar-refractivity contribution in [1.82, 2.24) is 4.31 Å². The molecule has 2 aliphatic heterocycles. The van der Waals surface area contributed by atoms with Crippen molar-refractivity contribution in [3.63, 3.8) is 0 Å². The minimum Gasteiger partial charge on any atom is -0.454 e. The third-order valence-electron chi connectivity index (χ3n) is 4.34. The van der Waals surface area contributed by atoms with Crippen molar-refractivity contribution in [3.05, 3.63) is 57.6 Å². The van der Waals surface area contributed by atoms with Crippen molar-refractivity contribution in [2.24, 2.45) is 0 Å². The SMILES string of the molecule is O=[N+]([O-])c1cccc(S(=O)(=O)N2CCc3cc4c(cc3C2)OCO4)c1. The third-order valence-corrected chi connectivity index (χ3v) is 6.18. The van der Waals surface area contributed by atoms with Gasteiger partial charge in [-0.3, -0.25) is 10.1 Å². The van der Waals surface area contributed by atoms with E-state index in [2.05, 4.69) is 0 Å². The molecular formula is C16H14N2O6S. The number of nitrogens with zero attached hydrogens (tertiary/aromatic N) is 2. The van der Waals surface area contributed by atoms with E-state index >= 15 is 0 Å². The molecule has 0 unspecified atom stereocenters. The Morgan fingerprint density at radius 3 is 2.52 bits per heavy atom. The molecule has 0 amide bonds. The molecule has 0 atom stereocenters. The average molecular weight is 362 g/mol. The van der Waals surface area contributed by atoms with Gasteiger partial charge in [0.15, 0.2) is 11.5 Å². The van der Waals surface area contributed by atoms with Gasteiger partial charge in [0.2, 0.25) is 16.8 Å². The molecule has 2 heterocycles. The summed E-state index contributed by atoms with van der Waals surface area (Å²) in [5.74, 6) is 1.28. The zero-order chi connectivity index (χ0) is 17.6. The van der Waals surface area contributed by atoms with Gasteiger partial charge in [0, 0.05) is 25.2 Å². The molecule has 2 aromatic carbocycles. The molecular weight excluding hydrogens is 348 g/mol. The van der Waals surface area contributed by atoms with Crippen LogP contribution >= 0.6 is 0 Å². The van der Waals surface area contributed by atoms with Crippen LogP contribution in [0.4, 0.5) is 5.69 Å². The number of rotatable bonds is 3. The van der Waals surface area contributed by atoms with E-state index in [4.69, 9.17) is 9.47 Å². The Morgan fingerprint density at radius 2 is 1.80 bits per heavy atom. The van der Waals surface area contributed by atoms with Crippen molar-refractivity contribution in [2.75, 3.05) is 13.3 Å². The van der Waals surface area contributed by atoms with E-state index in [0.717, 1.165) is 17.2 Å². The van der Waals surface area contributed by atoms with Gasteiger partial charge in [0.25, 0.3) is 5.69 Å². The molecule has 0 saturated heterocycles. The highest BCUT2D eigenvalue weighted by Crippen LogP contribution is 2.37. The van der Waals surface area contributed by atoms with E-state index < -0.39 is 14.9 Å². The molecule has 0 N–H and O–H groups in total. The maximum Gasteiger partial charge on any atom is 0.270 e. The predicted molar refractivity (Wildman–Crippen MR) is 87.0 cm³/mol. The molecule has 130 valence electrons. The number of nitro benzene ring substituents is 1. The zero-order valence-corrected chi connectivity index (χ0v) is 13.9. The van der Waals surface area contributed by atoms with Crippen LogP contribution in [0.5, 0.6) is 11.5 Å². The summed E-state index contributed by atoms with van der Waals surface area (Å²) in [7, 11) is -3.82. The topological polar surface area (TPSA) is 99.0 Å². The first-order chi connectivity index (χ1) is 11.9. The van der Waals surface area contributed by atoms with Gasteiger partial charge < -0.3 is 9.47 Å². The van der Waals surface area contributed by atoms with E-state index in [9.17, 15) is 18.5 Å². The van der Waals surface area contributed by atoms with Crippen LogP contribution in [0.1, 0.15) is 11.1 Å². The number of benzene rings is 2. The van der Waals surface area contributed by atoms with Crippen LogP contribution in [-0.2, 0) is 23.0 Å². The second-order valence-electron chi connectivity index (χ2n) is 5.82. The number of hydrogen-bond acceptors (Lipinski definition) is 6. The Morgan fingerprint density at radius 1 is 1.08 bits per heavy atom. The van der Waals surface area contributed by atoms with Crippen LogP contribution in [0, 0.1) is 10.1 Å². The summed E-state index contributed by atoms with van der Waals surface area (Å²) in [6, 6.07) is 8.79. The second kappa shape index (κ2) is 5.71. The molecule has 9 heteroatoms.